The molecule has 3 rings (SSSR count). The van der Waals surface area contributed by atoms with Crippen LogP contribution in [0, 0.1) is 13.8 Å². The Hall–Kier alpha value is -1.78. The monoisotopic (exact) mass is 297 g/mol. The normalized spacial score (nSPS) is 12.7. The van der Waals surface area contributed by atoms with E-state index in [2.05, 4.69) is 57.9 Å². The lowest BCUT2D eigenvalue weighted by molar-refractivity contribution is 0.571. The van der Waals surface area contributed by atoms with Crippen LogP contribution in [0.1, 0.15) is 34.9 Å². The van der Waals surface area contributed by atoms with E-state index < -0.39 is 0 Å². The fraction of sp³-hybridized carbons (Fsp3) is 0.294. The number of nitrogens with zero attached hydrogens (tertiary/aromatic N) is 2. The average molecular weight is 297 g/mol. The molecular formula is C17H19N3S. The van der Waals surface area contributed by atoms with Gasteiger partial charge in [-0.3, -0.25) is 4.98 Å². The van der Waals surface area contributed by atoms with Gasteiger partial charge in [-0.2, -0.15) is 0 Å². The summed E-state index contributed by atoms with van der Waals surface area (Å²) in [5.41, 5.74) is 4.48. The fourth-order valence-corrected chi connectivity index (χ4v) is 3.14. The van der Waals surface area contributed by atoms with E-state index in [-0.39, 0.29) is 6.04 Å². The number of thiazole rings is 1. The van der Waals surface area contributed by atoms with Crippen molar-refractivity contribution in [2.24, 2.45) is 0 Å². The minimum atomic E-state index is 0.274. The standard InChI is InChI=1S/C17H19N3S/c1-11-4-6-15-8-14(5-7-16(15)19-11)9-18-13(3)17-20-12(2)10-21-17/h4-8,10,13,18H,9H2,1-3H3. The van der Waals surface area contributed by atoms with Crippen LogP contribution in [-0.4, -0.2) is 9.97 Å². The molecular weight excluding hydrogens is 278 g/mol. The van der Waals surface area contributed by atoms with Crippen molar-refractivity contribution < 1.29 is 0 Å². The number of hydrogen-bond donors (Lipinski definition) is 1. The second-order valence-corrected chi connectivity index (χ2v) is 6.30. The number of fused-ring (bicyclic) bond motifs is 1. The summed E-state index contributed by atoms with van der Waals surface area (Å²) in [4.78, 5) is 9.06. The molecule has 108 valence electrons. The summed E-state index contributed by atoms with van der Waals surface area (Å²) >= 11 is 1.71. The zero-order chi connectivity index (χ0) is 14.8. The summed E-state index contributed by atoms with van der Waals surface area (Å²) in [7, 11) is 0. The molecule has 4 heteroatoms. The molecule has 0 aliphatic carbocycles. The molecule has 0 saturated carbocycles. The van der Waals surface area contributed by atoms with Crippen LogP contribution in [0.2, 0.25) is 0 Å². The average Bonchev–Trinajstić information content (AvgIpc) is 2.91. The lowest BCUT2D eigenvalue weighted by atomic mass is 10.1. The summed E-state index contributed by atoms with van der Waals surface area (Å²) in [6.07, 6.45) is 0. The van der Waals surface area contributed by atoms with Crippen molar-refractivity contribution in [1.29, 1.82) is 0 Å². The topological polar surface area (TPSA) is 37.8 Å². The van der Waals surface area contributed by atoms with Gasteiger partial charge < -0.3 is 5.32 Å². The van der Waals surface area contributed by atoms with E-state index in [1.54, 1.807) is 11.3 Å². The highest BCUT2D eigenvalue weighted by atomic mass is 32.1. The zero-order valence-corrected chi connectivity index (χ0v) is 13.4. The number of nitrogens with one attached hydrogen (secondary N) is 1. The molecule has 2 heterocycles. The minimum Gasteiger partial charge on any atom is -0.304 e. The first-order chi connectivity index (χ1) is 10.1. The number of pyridine rings is 1. The molecule has 0 spiro atoms. The molecule has 2 aromatic heterocycles. The van der Waals surface area contributed by atoms with E-state index in [0.29, 0.717) is 0 Å². The third-order valence-electron chi connectivity index (χ3n) is 3.51. The van der Waals surface area contributed by atoms with E-state index in [1.807, 2.05) is 13.8 Å². The number of aryl methyl sites for hydroxylation is 2. The Morgan fingerprint density at radius 2 is 1.95 bits per heavy atom. The third kappa shape index (κ3) is 3.28. The molecule has 3 aromatic rings. The van der Waals surface area contributed by atoms with Crippen molar-refractivity contribution in [3.8, 4) is 0 Å². The maximum atomic E-state index is 4.53. The third-order valence-corrected chi connectivity index (χ3v) is 4.66. The first-order valence-electron chi connectivity index (χ1n) is 7.13. The molecule has 3 nitrogen and oxygen atoms in total. The quantitative estimate of drug-likeness (QED) is 0.786. The van der Waals surface area contributed by atoms with E-state index in [1.165, 1.54) is 10.9 Å². The van der Waals surface area contributed by atoms with Crippen LogP contribution in [0.15, 0.2) is 35.7 Å². The molecule has 0 saturated heterocycles. The van der Waals surface area contributed by atoms with Crippen molar-refractivity contribution in [1.82, 2.24) is 15.3 Å². The molecule has 0 aliphatic rings. The van der Waals surface area contributed by atoms with E-state index in [4.69, 9.17) is 0 Å². The Balaban J connectivity index is 1.71. The van der Waals surface area contributed by atoms with Crippen molar-refractivity contribution >= 4 is 22.2 Å². The molecule has 1 unspecified atom stereocenters. The van der Waals surface area contributed by atoms with Gasteiger partial charge in [0, 0.05) is 28.7 Å². The van der Waals surface area contributed by atoms with Gasteiger partial charge in [0.05, 0.1) is 11.6 Å². The van der Waals surface area contributed by atoms with Crippen molar-refractivity contribution in [2.45, 2.75) is 33.4 Å². The second-order valence-electron chi connectivity index (χ2n) is 5.41. The van der Waals surface area contributed by atoms with Crippen LogP contribution in [-0.2, 0) is 6.54 Å². The highest BCUT2D eigenvalue weighted by Gasteiger charge is 2.08. The molecule has 0 fully saturated rings. The van der Waals surface area contributed by atoms with Crippen LogP contribution >= 0.6 is 11.3 Å². The smallest absolute Gasteiger partial charge is 0.110 e. The fourth-order valence-electron chi connectivity index (χ4n) is 2.32. The molecule has 0 aliphatic heterocycles. The molecule has 0 bridgehead atoms. The van der Waals surface area contributed by atoms with Crippen LogP contribution in [0.4, 0.5) is 0 Å². The maximum Gasteiger partial charge on any atom is 0.110 e. The van der Waals surface area contributed by atoms with Gasteiger partial charge in [-0.25, -0.2) is 4.98 Å². The molecule has 21 heavy (non-hydrogen) atoms. The highest BCUT2D eigenvalue weighted by Crippen LogP contribution is 2.19. The van der Waals surface area contributed by atoms with Gasteiger partial charge in [0.25, 0.3) is 0 Å². The van der Waals surface area contributed by atoms with Gasteiger partial charge in [-0.1, -0.05) is 12.1 Å². The van der Waals surface area contributed by atoms with Crippen molar-refractivity contribution in [3.05, 3.63) is 57.7 Å². The van der Waals surface area contributed by atoms with Crippen LogP contribution in [0.25, 0.3) is 10.9 Å². The summed E-state index contributed by atoms with van der Waals surface area (Å²) in [6.45, 7) is 7.05. The highest BCUT2D eigenvalue weighted by molar-refractivity contribution is 7.09. The lowest BCUT2D eigenvalue weighted by Crippen LogP contribution is -2.17. The number of benzene rings is 1. The van der Waals surface area contributed by atoms with E-state index >= 15 is 0 Å². The number of hydrogen-bond acceptors (Lipinski definition) is 4. The van der Waals surface area contributed by atoms with Gasteiger partial charge in [-0.15, -0.1) is 11.3 Å². The largest absolute Gasteiger partial charge is 0.304 e. The Kier molecular flexibility index (Phi) is 3.99. The van der Waals surface area contributed by atoms with Gasteiger partial charge in [-0.05, 0) is 44.5 Å². The van der Waals surface area contributed by atoms with Gasteiger partial charge in [0.2, 0.25) is 0 Å². The van der Waals surface area contributed by atoms with E-state index in [0.717, 1.165) is 28.5 Å². The zero-order valence-electron chi connectivity index (χ0n) is 12.6. The first-order valence-corrected chi connectivity index (χ1v) is 8.01. The van der Waals surface area contributed by atoms with Crippen LogP contribution in [0.5, 0.6) is 0 Å². The number of aromatic nitrogens is 2. The second kappa shape index (κ2) is 5.92. The summed E-state index contributed by atoms with van der Waals surface area (Å²) < 4.78 is 0. The van der Waals surface area contributed by atoms with Crippen molar-refractivity contribution in [2.75, 3.05) is 0 Å². The molecule has 1 atom stereocenters. The SMILES string of the molecule is Cc1csc(C(C)NCc2ccc3nc(C)ccc3c2)n1. The Bertz CT molecular complexity index is 764. The van der Waals surface area contributed by atoms with Gasteiger partial charge >= 0.3 is 0 Å². The van der Waals surface area contributed by atoms with E-state index in [9.17, 15) is 0 Å². The predicted octanol–water partition coefficient (Wildman–Crippen LogP) is 4.16. The van der Waals surface area contributed by atoms with Crippen molar-refractivity contribution in [3.63, 3.8) is 0 Å². The Labute approximate surface area is 129 Å². The summed E-state index contributed by atoms with van der Waals surface area (Å²) in [5.74, 6) is 0. The van der Waals surface area contributed by atoms with Gasteiger partial charge in [0.15, 0.2) is 0 Å². The lowest BCUT2D eigenvalue weighted by Gasteiger charge is -2.11. The predicted molar refractivity (Wildman–Crippen MR) is 88.6 cm³/mol. The van der Waals surface area contributed by atoms with Gasteiger partial charge in [0.1, 0.15) is 5.01 Å². The van der Waals surface area contributed by atoms with Crippen LogP contribution < -0.4 is 5.32 Å². The molecule has 1 N–H and O–H groups in total. The Morgan fingerprint density at radius 3 is 2.71 bits per heavy atom. The Morgan fingerprint density at radius 1 is 1.10 bits per heavy atom. The number of rotatable bonds is 4. The molecule has 0 amide bonds. The molecule has 1 aromatic carbocycles. The van der Waals surface area contributed by atoms with Crippen LogP contribution in [0.3, 0.4) is 0 Å². The maximum absolute atomic E-state index is 4.53. The first kappa shape index (κ1) is 14.2. The molecule has 0 radical (unpaired) electrons. The summed E-state index contributed by atoms with van der Waals surface area (Å²) in [6, 6.07) is 10.9. The summed E-state index contributed by atoms with van der Waals surface area (Å²) in [5, 5.41) is 7.96. The minimum absolute atomic E-state index is 0.274.